The predicted molar refractivity (Wildman–Crippen MR) is 63.7 cm³/mol. The zero-order valence-electron chi connectivity index (χ0n) is 9.62. The van der Waals surface area contributed by atoms with Crippen LogP contribution in [0.2, 0.25) is 5.02 Å². The van der Waals surface area contributed by atoms with E-state index in [9.17, 15) is 4.79 Å². The van der Waals surface area contributed by atoms with Crippen molar-refractivity contribution in [3.05, 3.63) is 22.7 Å². The summed E-state index contributed by atoms with van der Waals surface area (Å²) in [5.41, 5.74) is 0.407. The van der Waals surface area contributed by atoms with Gasteiger partial charge in [0.1, 0.15) is 0 Å². The van der Waals surface area contributed by atoms with Crippen LogP contribution in [0.3, 0.4) is 0 Å². The Labute approximate surface area is 100 Å². The van der Waals surface area contributed by atoms with Crippen molar-refractivity contribution in [1.82, 2.24) is 0 Å². The number of halogens is 1. The van der Waals surface area contributed by atoms with Gasteiger partial charge in [-0.3, -0.25) is 4.79 Å². The number of methoxy groups -OCH3 is 1. The van der Waals surface area contributed by atoms with Crippen molar-refractivity contribution in [2.45, 2.75) is 13.8 Å². The molecular formula is C12H15ClO3. The smallest absolute Gasteiger partial charge is 0.171 e. The molecule has 0 aliphatic rings. The average molecular weight is 243 g/mol. The summed E-state index contributed by atoms with van der Waals surface area (Å²) >= 11 is 5.85. The van der Waals surface area contributed by atoms with Gasteiger partial charge in [-0.25, -0.2) is 0 Å². The Morgan fingerprint density at radius 2 is 2.12 bits per heavy atom. The molecule has 0 atom stereocenters. The first-order valence-electron chi connectivity index (χ1n) is 5.04. The third-order valence-electron chi connectivity index (χ3n) is 1.96. The SMILES string of the molecule is COc1cc(Cl)cc(C=O)c1OCC(C)C. The van der Waals surface area contributed by atoms with Gasteiger partial charge in [0.15, 0.2) is 17.8 Å². The zero-order chi connectivity index (χ0) is 12.1. The molecule has 0 saturated carbocycles. The molecule has 1 aromatic rings. The lowest BCUT2D eigenvalue weighted by Gasteiger charge is -2.14. The number of carbonyl (C=O) groups excluding carboxylic acids is 1. The summed E-state index contributed by atoms with van der Waals surface area (Å²) in [5.74, 6) is 1.31. The molecule has 16 heavy (non-hydrogen) atoms. The fraction of sp³-hybridized carbons (Fsp3) is 0.417. The van der Waals surface area contributed by atoms with Crippen LogP contribution in [0.1, 0.15) is 24.2 Å². The number of carbonyl (C=O) groups is 1. The van der Waals surface area contributed by atoms with Crippen molar-refractivity contribution in [3.63, 3.8) is 0 Å². The number of hydrogen-bond donors (Lipinski definition) is 0. The number of aldehydes is 1. The van der Waals surface area contributed by atoms with Crippen LogP contribution in [-0.4, -0.2) is 20.0 Å². The summed E-state index contributed by atoms with van der Waals surface area (Å²) in [6, 6.07) is 3.19. The van der Waals surface area contributed by atoms with E-state index < -0.39 is 0 Å². The molecule has 4 heteroatoms. The first kappa shape index (κ1) is 12.8. The van der Waals surface area contributed by atoms with E-state index in [4.69, 9.17) is 21.1 Å². The molecule has 0 heterocycles. The van der Waals surface area contributed by atoms with Crippen molar-refractivity contribution < 1.29 is 14.3 Å². The fourth-order valence-corrected chi connectivity index (χ4v) is 1.45. The van der Waals surface area contributed by atoms with Crippen molar-refractivity contribution in [3.8, 4) is 11.5 Å². The van der Waals surface area contributed by atoms with Crippen LogP contribution in [0.15, 0.2) is 12.1 Å². The van der Waals surface area contributed by atoms with Crippen LogP contribution in [0.5, 0.6) is 11.5 Å². The quantitative estimate of drug-likeness (QED) is 0.744. The van der Waals surface area contributed by atoms with E-state index in [1.165, 1.54) is 7.11 Å². The molecule has 0 N–H and O–H groups in total. The lowest BCUT2D eigenvalue weighted by atomic mass is 10.2. The predicted octanol–water partition coefficient (Wildman–Crippen LogP) is 3.20. The number of ether oxygens (including phenoxy) is 2. The minimum Gasteiger partial charge on any atom is -0.493 e. The Hall–Kier alpha value is -1.22. The normalized spacial score (nSPS) is 10.3. The Balaban J connectivity index is 3.06. The summed E-state index contributed by atoms with van der Waals surface area (Å²) in [7, 11) is 1.52. The average Bonchev–Trinajstić information content (AvgIpc) is 2.25. The van der Waals surface area contributed by atoms with Gasteiger partial charge in [-0.2, -0.15) is 0 Å². The van der Waals surface area contributed by atoms with Gasteiger partial charge in [0.05, 0.1) is 19.3 Å². The van der Waals surface area contributed by atoms with E-state index in [-0.39, 0.29) is 0 Å². The van der Waals surface area contributed by atoms with E-state index >= 15 is 0 Å². The second-order valence-corrected chi connectivity index (χ2v) is 4.29. The molecule has 0 fully saturated rings. The lowest BCUT2D eigenvalue weighted by molar-refractivity contribution is 0.111. The van der Waals surface area contributed by atoms with Gasteiger partial charge in [0, 0.05) is 11.1 Å². The maximum atomic E-state index is 10.9. The monoisotopic (exact) mass is 242 g/mol. The number of benzene rings is 1. The van der Waals surface area contributed by atoms with Gasteiger partial charge in [0.25, 0.3) is 0 Å². The molecule has 0 bridgehead atoms. The first-order valence-corrected chi connectivity index (χ1v) is 5.41. The topological polar surface area (TPSA) is 35.5 Å². The molecular weight excluding hydrogens is 228 g/mol. The van der Waals surface area contributed by atoms with Crippen molar-refractivity contribution in [2.75, 3.05) is 13.7 Å². The van der Waals surface area contributed by atoms with Gasteiger partial charge in [-0.1, -0.05) is 25.4 Å². The maximum absolute atomic E-state index is 10.9. The summed E-state index contributed by atoms with van der Waals surface area (Å²) in [6.45, 7) is 4.59. The van der Waals surface area contributed by atoms with Gasteiger partial charge < -0.3 is 9.47 Å². The van der Waals surface area contributed by atoms with E-state index in [2.05, 4.69) is 0 Å². The van der Waals surface area contributed by atoms with Crippen molar-refractivity contribution >= 4 is 17.9 Å². The van der Waals surface area contributed by atoms with Crippen LogP contribution >= 0.6 is 11.6 Å². The molecule has 0 amide bonds. The van der Waals surface area contributed by atoms with Crippen molar-refractivity contribution in [1.29, 1.82) is 0 Å². The molecule has 0 aliphatic carbocycles. The molecule has 0 spiro atoms. The maximum Gasteiger partial charge on any atom is 0.171 e. The Bertz CT molecular complexity index is 375. The molecule has 0 radical (unpaired) electrons. The van der Waals surface area contributed by atoms with Gasteiger partial charge >= 0.3 is 0 Å². The van der Waals surface area contributed by atoms with E-state index in [1.807, 2.05) is 13.8 Å². The summed E-state index contributed by atoms with van der Waals surface area (Å²) < 4.78 is 10.7. The van der Waals surface area contributed by atoms with E-state index in [0.29, 0.717) is 40.9 Å². The van der Waals surface area contributed by atoms with Gasteiger partial charge in [0.2, 0.25) is 0 Å². The van der Waals surface area contributed by atoms with Crippen molar-refractivity contribution in [2.24, 2.45) is 5.92 Å². The highest BCUT2D eigenvalue weighted by atomic mass is 35.5. The van der Waals surface area contributed by atoms with Crippen LogP contribution in [0.25, 0.3) is 0 Å². The molecule has 0 aromatic heterocycles. The van der Waals surface area contributed by atoms with E-state index in [1.54, 1.807) is 12.1 Å². The molecule has 1 aromatic carbocycles. The minimum absolute atomic E-state index is 0.375. The van der Waals surface area contributed by atoms with Crippen LogP contribution in [0.4, 0.5) is 0 Å². The number of rotatable bonds is 5. The lowest BCUT2D eigenvalue weighted by Crippen LogP contribution is -2.07. The highest BCUT2D eigenvalue weighted by molar-refractivity contribution is 6.31. The van der Waals surface area contributed by atoms with Crippen LogP contribution < -0.4 is 9.47 Å². The molecule has 0 unspecified atom stereocenters. The Morgan fingerprint density at radius 3 is 2.62 bits per heavy atom. The molecule has 1 rings (SSSR count). The minimum atomic E-state index is 0.375. The summed E-state index contributed by atoms with van der Waals surface area (Å²) in [6.07, 6.45) is 0.712. The van der Waals surface area contributed by atoms with Gasteiger partial charge in [-0.05, 0) is 12.0 Å². The Morgan fingerprint density at radius 1 is 1.44 bits per heavy atom. The standard InChI is InChI=1S/C12H15ClO3/c1-8(2)7-16-12-9(6-14)4-10(13)5-11(12)15-3/h4-6,8H,7H2,1-3H3. The highest BCUT2D eigenvalue weighted by Gasteiger charge is 2.12. The Kier molecular flexibility index (Phi) is 4.62. The fourth-order valence-electron chi connectivity index (χ4n) is 1.23. The second-order valence-electron chi connectivity index (χ2n) is 3.85. The van der Waals surface area contributed by atoms with E-state index in [0.717, 1.165) is 0 Å². The third kappa shape index (κ3) is 3.14. The van der Waals surface area contributed by atoms with Crippen LogP contribution in [0, 0.1) is 5.92 Å². The zero-order valence-corrected chi connectivity index (χ0v) is 10.4. The molecule has 0 aliphatic heterocycles. The third-order valence-corrected chi connectivity index (χ3v) is 2.17. The summed E-state index contributed by atoms with van der Waals surface area (Å²) in [5, 5.41) is 0.454. The summed E-state index contributed by atoms with van der Waals surface area (Å²) in [4.78, 5) is 10.9. The van der Waals surface area contributed by atoms with Gasteiger partial charge in [-0.15, -0.1) is 0 Å². The van der Waals surface area contributed by atoms with Crippen LogP contribution in [-0.2, 0) is 0 Å². The molecule has 88 valence electrons. The first-order chi connectivity index (χ1) is 7.58. The highest BCUT2D eigenvalue weighted by Crippen LogP contribution is 2.34. The molecule has 0 saturated heterocycles. The number of hydrogen-bond acceptors (Lipinski definition) is 3. The largest absolute Gasteiger partial charge is 0.493 e. The molecule has 3 nitrogen and oxygen atoms in total. The second kappa shape index (κ2) is 5.75.